The van der Waals surface area contributed by atoms with Gasteiger partial charge in [-0.25, -0.2) is 0 Å². The SMILES string of the molecule is COCCOCCCNC(=S)Nc1ccc(OC)cc1. The summed E-state index contributed by atoms with van der Waals surface area (Å²) in [7, 11) is 3.30. The van der Waals surface area contributed by atoms with E-state index in [0.29, 0.717) is 24.9 Å². The molecule has 0 saturated heterocycles. The van der Waals surface area contributed by atoms with E-state index in [1.807, 2.05) is 24.3 Å². The second-order valence-electron chi connectivity index (χ2n) is 4.07. The Morgan fingerprint density at radius 1 is 1.10 bits per heavy atom. The lowest BCUT2D eigenvalue weighted by Crippen LogP contribution is -2.29. The summed E-state index contributed by atoms with van der Waals surface area (Å²) in [6, 6.07) is 7.60. The molecule has 0 saturated carbocycles. The van der Waals surface area contributed by atoms with Crippen molar-refractivity contribution in [2.45, 2.75) is 6.42 Å². The van der Waals surface area contributed by atoms with Crippen LogP contribution in [0.15, 0.2) is 24.3 Å². The van der Waals surface area contributed by atoms with Crippen LogP contribution >= 0.6 is 12.2 Å². The van der Waals surface area contributed by atoms with Gasteiger partial charge in [-0.2, -0.15) is 0 Å². The molecular formula is C14H22N2O3S. The molecule has 2 N–H and O–H groups in total. The van der Waals surface area contributed by atoms with Crippen molar-refractivity contribution in [3.8, 4) is 5.75 Å². The molecule has 0 fully saturated rings. The van der Waals surface area contributed by atoms with Gasteiger partial charge in [0.1, 0.15) is 5.75 Å². The van der Waals surface area contributed by atoms with E-state index in [1.54, 1.807) is 14.2 Å². The van der Waals surface area contributed by atoms with Gasteiger partial charge in [0.05, 0.1) is 20.3 Å². The van der Waals surface area contributed by atoms with E-state index in [1.165, 1.54) is 0 Å². The first kappa shape index (κ1) is 16.7. The van der Waals surface area contributed by atoms with Crippen molar-refractivity contribution in [2.75, 3.05) is 45.9 Å². The summed E-state index contributed by atoms with van der Waals surface area (Å²) in [6.07, 6.45) is 0.897. The van der Waals surface area contributed by atoms with Gasteiger partial charge in [0.15, 0.2) is 5.11 Å². The zero-order valence-electron chi connectivity index (χ0n) is 12.0. The van der Waals surface area contributed by atoms with Crippen LogP contribution in [0.5, 0.6) is 5.75 Å². The van der Waals surface area contributed by atoms with Crippen LogP contribution in [-0.2, 0) is 9.47 Å². The summed E-state index contributed by atoms with van der Waals surface area (Å²) in [5, 5.41) is 6.84. The van der Waals surface area contributed by atoms with Crippen molar-refractivity contribution < 1.29 is 14.2 Å². The van der Waals surface area contributed by atoms with E-state index in [4.69, 9.17) is 26.4 Å². The Balaban J connectivity index is 2.10. The summed E-state index contributed by atoms with van der Waals surface area (Å²) in [5.74, 6) is 0.822. The first-order valence-corrected chi connectivity index (χ1v) is 6.92. The Bertz CT molecular complexity index is 385. The van der Waals surface area contributed by atoms with Crippen LogP contribution in [0, 0.1) is 0 Å². The number of benzene rings is 1. The molecule has 5 nitrogen and oxygen atoms in total. The van der Waals surface area contributed by atoms with E-state index in [9.17, 15) is 0 Å². The normalized spacial score (nSPS) is 10.1. The molecule has 0 aliphatic rings. The van der Waals surface area contributed by atoms with Crippen LogP contribution in [0.3, 0.4) is 0 Å². The van der Waals surface area contributed by atoms with Gasteiger partial charge in [-0.1, -0.05) is 0 Å². The molecule has 1 rings (SSSR count). The lowest BCUT2D eigenvalue weighted by atomic mass is 10.3. The summed E-state index contributed by atoms with van der Waals surface area (Å²) in [6.45, 7) is 2.73. The molecular weight excluding hydrogens is 276 g/mol. The molecule has 112 valence electrons. The molecule has 0 spiro atoms. The van der Waals surface area contributed by atoms with Crippen molar-refractivity contribution in [1.82, 2.24) is 5.32 Å². The number of ether oxygens (including phenoxy) is 3. The van der Waals surface area contributed by atoms with Crippen molar-refractivity contribution >= 4 is 23.0 Å². The van der Waals surface area contributed by atoms with Gasteiger partial charge >= 0.3 is 0 Å². The minimum atomic E-state index is 0.604. The Morgan fingerprint density at radius 3 is 2.50 bits per heavy atom. The molecule has 0 amide bonds. The number of hydrogen-bond donors (Lipinski definition) is 2. The summed E-state index contributed by atoms with van der Waals surface area (Å²) < 4.78 is 15.3. The zero-order valence-corrected chi connectivity index (χ0v) is 12.8. The molecule has 0 aliphatic carbocycles. The van der Waals surface area contributed by atoms with Crippen LogP contribution in [0.2, 0.25) is 0 Å². The third-order valence-corrected chi connectivity index (χ3v) is 2.78. The van der Waals surface area contributed by atoms with Crippen molar-refractivity contribution in [1.29, 1.82) is 0 Å². The fourth-order valence-electron chi connectivity index (χ4n) is 1.47. The molecule has 0 unspecified atom stereocenters. The fraction of sp³-hybridized carbons (Fsp3) is 0.500. The highest BCUT2D eigenvalue weighted by atomic mass is 32.1. The minimum Gasteiger partial charge on any atom is -0.497 e. The third-order valence-electron chi connectivity index (χ3n) is 2.53. The van der Waals surface area contributed by atoms with Crippen LogP contribution in [0.4, 0.5) is 5.69 Å². The molecule has 0 aromatic heterocycles. The van der Waals surface area contributed by atoms with Crippen LogP contribution < -0.4 is 15.4 Å². The predicted octanol–water partition coefficient (Wildman–Crippen LogP) is 2.03. The maximum atomic E-state index is 5.36. The Labute approximate surface area is 125 Å². The number of rotatable bonds is 9. The smallest absolute Gasteiger partial charge is 0.170 e. The highest BCUT2D eigenvalue weighted by Gasteiger charge is 1.98. The molecule has 0 atom stereocenters. The lowest BCUT2D eigenvalue weighted by Gasteiger charge is -2.11. The highest BCUT2D eigenvalue weighted by Crippen LogP contribution is 2.14. The van der Waals surface area contributed by atoms with Crippen molar-refractivity contribution in [3.63, 3.8) is 0 Å². The Morgan fingerprint density at radius 2 is 1.85 bits per heavy atom. The second-order valence-corrected chi connectivity index (χ2v) is 4.48. The van der Waals surface area contributed by atoms with E-state index in [2.05, 4.69) is 10.6 Å². The maximum Gasteiger partial charge on any atom is 0.170 e. The first-order valence-electron chi connectivity index (χ1n) is 6.52. The number of hydrogen-bond acceptors (Lipinski definition) is 4. The van der Waals surface area contributed by atoms with Gasteiger partial charge in [0.2, 0.25) is 0 Å². The van der Waals surface area contributed by atoms with Gasteiger partial charge in [0.25, 0.3) is 0 Å². The van der Waals surface area contributed by atoms with E-state index < -0.39 is 0 Å². The van der Waals surface area contributed by atoms with Gasteiger partial charge in [-0.15, -0.1) is 0 Å². The van der Waals surface area contributed by atoms with Gasteiger partial charge in [-0.05, 0) is 42.9 Å². The summed E-state index contributed by atoms with van der Waals surface area (Å²) >= 11 is 5.20. The number of thiocarbonyl (C=S) groups is 1. The lowest BCUT2D eigenvalue weighted by molar-refractivity contribution is 0.0699. The first-order chi connectivity index (χ1) is 9.76. The molecule has 1 aromatic carbocycles. The quantitative estimate of drug-likeness (QED) is 0.537. The van der Waals surface area contributed by atoms with E-state index in [0.717, 1.165) is 24.4 Å². The number of anilines is 1. The second kappa shape index (κ2) is 10.4. The van der Waals surface area contributed by atoms with Crippen LogP contribution in [0.25, 0.3) is 0 Å². The van der Waals surface area contributed by atoms with Gasteiger partial charge in [-0.3, -0.25) is 0 Å². The van der Waals surface area contributed by atoms with E-state index in [-0.39, 0.29) is 0 Å². The third kappa shape index (κ3) is 7.28. The summed E-state index contributed by atoms with van der Waals surface area (Å²) in [4.78, 5) is 0. The number of methoxy groups -OCH3 is 2. The molecule has 0 aliphatic heterocycles. The average molecular weight is 298 g/mol. The van der Waals surface area contributed by atoms with Crippen molar-refractivity contribution in [2.24, 2.45) is 0 Å². The minimum absolute atomic E-state index is 0.604. The van der Waals surface area contributed by atoms with Crippen LogP contribution in [-0.4, -0.2) is 45.7 Å². The molecule has 0 bridgehead atoms. The zero-order chi connectivity index (χ0) is 14.6. The standard InChI is InChI=1S/C14H22N2O3S/c1-17-10-11-19-9-3-8-15-14(20)16-12-4-6-13(18-2)7-5-12/h4-7H,3,8-11H2,1-2H3,(H2,15,16,20). The van der Waals surface area contributed by atoms with Gasteiger partial charge in [0, 0.05) is 25.9 Å². The Kier molecular flexibility index (Phi) is 8.69. The van der Waals surface area contributed by atoms with E-state index >= 15 is 0 Å². The monoisotopic (exact) mass is 298 g/mol. The fourth-order valence-corrected chi connectivity index (χ4v) is 1.69. The maximum absolute atomic E-state index is 5.36. The van der Waals surface area contributed by atoms with Gasteiger partial charge < -0.3 is 24.8 Å². The highest BCUT2D eigenvalue weighted by molar-refractivity contribution is 7.80. The molecule has 1 aromatic rings. The summed E-state index contributed by atoms with van der Waals surface area (Å²) in [5.41, 5.74) is 0.930. The largest absolute Gasteiger partial charge is 0.497 e. The average Bonchev–Trinajstić information content (AvgIpc) is 2.47. The molecule has 6 heteroatoms. The molecule has 0 radical (unpaired) electrons. The predicted molar refractivity (Wildman–Crippen MR) is 84.5 cm³/mol. The molecule has 0 heterocycles. The topological polar surface area (TPSA) is 51.8 Å². The Hall–Kier alpha value is -1.37. The van der Waals surface area contributed by atoms with Crippen LogP contribution in [0.1, 0.15) is 6.42 Å². The molecule has 20 heavy (non-hydrogen) atoms. The number of nitrogens with one attached hydrogen (secondary N) is 2. The van der Waals surface area contributed by atoms with Crippen molar-refractivity contribution in [3.05, 3.63) is 24.3 Å².